The third kappa shape index (κ3) is 2.79. The van der Waals surface area contributed by atoms with E-state index in [0.29, 0.717) is 0 Å². The van der Waals surface area contributed by atoms with Crippen molar-refractivity contribution in [2.24, 2.45) is 0 Å². The van der Waals surface area contributed by atoms with Gasteiger partial charge in [0.2, 0.25) is 0 Å². The summed E-state index contributed by atoms with van der Waals surface area (Å²) in [5.74, 6) is 0. The predicted octanol–water partition coefficient (Wildman–Crippen LogP) is 1.62. The molecule has 0 unspecified atom stereocenters. The average molecular weight is 247 g/mol. The largest absolute Gasteiger partial charge is 0.333 e. The zero-order valence-electron chi connectivity index (χ0n) is 11.3. The molecule has 5 heteroatoms. The maximum Gasteiger partial charge on any atom is 0.0948 e. The average Bonchev–Trinajstić information content (AvgIpc) is 3.00. The van der Waals surface area contributed by atoms with Crippen molar-refractivity contribution in [3.8, 4) is 0 Å². The molecule has 0 aliphatic carbocycles. The lowest BCUT2D eigenvalue weighted by atomic mass is 10.0. The lowest BCUT2D eigenvalue weighted by Crippen LogP contribution is -2.35. The van der Waals surface area contributed by atoms with E-state index in [1.807, 2.05) is 42.7 Å². The highest BCUT2D eigenvalue weighted by atomic mass is 15.3. The predicted molar refractivity (Wildman–Crippen MR) is 71.2 cm³/mol. The van der Waals surface area contributed by atoms with Crippen molar-refractivity contribution in [3.05, 3.63) is 36.7 Å². The van der Waals surface area contributed by atoms with E-state index in [2.05, 4.69) is 33.8 Å². The Morgan fingerprint density at radius 1 is 1.33 bits per heavy atom. The van der Waals surface area contributed by atoms with Crippen molar-refractivity contribution < 1.29 is 0 Å². The van der Waals surface area contributed by atoms with Crippen LogP contribution in [-0.2, 0) is 18.6 Å². The van der Waals surface area contributed by atoms with Crippen molar-refractivity contribution in [2.75, 3.05) is 7.05 Å². The molecule has 0 fully saturated rings. The van der Waals surface area contributed by atoms with E-state index in [9.17, 15) is 0 Å². The molecule has 0 atom stereocenters. The van der Waals surface area contributed by atoms with Crippen molar-refractivity contribution in [1.29, 1.82) is 0 Å². The van der Waals surface area contributed by atoms with Crippen LogP contribution in [0.25, 0.3) is 0 Å². The van der Waals surface area contributed by atoms with Crippen molar-refractivity contribution in [2.45, 2.75) is 38.9 Å². The van der Waals surface area contributed by atoms with Crippen LogP contribution in [0.2, 0.25) is 0 Å². The van der Waals surface area contributed by atoms with E-state index in [1.165, 1.54) is 5.69 Å². The molecule has 0 aliphatic heterocycles. The lowest BCUT2D eigenvalue weighted by Gasteiger charge is -2.25. The molecule has 0 saturated carbocycles. The van der Waals surface area contributed by atoms with Crippen LogP contribution in [0.1, 0.15) is 26.0 Å². The molecule has 2 aromatic rings. The minimum absolute atomic E-state index is 0.0534. The molecule has 0 amide bonds. The molecule has 2 aromatic heterocycles. The first kappa shape index (κ1) is 12.8. The van der Waals surface area contributed by atoms with E-state index in [0.717, 1.165) is 19.5 Å². The monoisotopic (exact) mass is 247 g/mol. The van der Waals surface area contributed by atoms with Crippen LogP contribution >= 0.6 is 0 Å². The first-order valence-corrected chi connectivity index (χ1v) is 6.30. The topological polar surface area (TPSA) is 47.7 Å². The first-order valence-electron chi connectivity index (χ1n) is 6.30. The molecule has 0 bridgehead atoms. The molecule has 1 N–H and O–H groups in total. The number of nitrogens with zero attached hydrogens (tertiary/aromatic N) is 4. The maximum atomic E-state index is 4.25. The normalized spacial score (nSPS) is 11.9. The van der Waals surface area contributed by atoms with Gasteiger partial charge in [0.15, 0.2) is 0 Å². The van der Waals surface area contributed by atoms with Crippen LogP contribution in [0, 0.1) is 0 Å². The highest BCUT2D eigenvalue weighted by Crippen LogP contribution is 2.19. The fraction of sp³-hybridized carbons (Fsp3) is 0.538. The molecule has 2 rings (SSSR count). The Bertz CT molecular complexity index is 469. The summed E-state index contributed by atoms with van der Waals surface area (Å²) >= 11 is 0. The summed E-state index contributed by atoms with van der Waals surface area (Å²) in [6.07, 6.45) is 8.69. The minimum atomic E-state index is -0.0534. The Morgan fingerprint density at radius 3 is 2.83 bits per heavy atom. The summed E-state index contributed by atoms with van der Waals surface area (Å²) in [5, 5.41) is 7.51. The zero-order valence-corrected chi connectivity index (χ0v) is 11.3. The summed E-state index contributed by atoms with van der Waals surface area (Å²) in [7, 11) is 1.97. The van der Waals surface area contributed by atoms with Gasteiger partial charge in [-0.1, -0.05) is 0 Å². The van der Waals surface area contributed by atoms with Gasteiger partial charge < -0.3 is 9.88 Å². The Balaban J connectivity index is 1.96. The Morgan fingerprint density at radius 2 is 2.17 bits per heavy atom. The molecular weight excluding hydrogens is 226 g/mol. The van der Waals surface area contributed by atoms with Gasteiger partial charge in [0.25, 0.3) is 0 Å². The SMILES string of the molecule is CNC(C)(C)c1cncn1CCCn1cccn1. The molecule has 0 saturated heterocycles. The maximum absolute atomic E-state index is 4.25. The third-order valence-electron chi connectivity index (χ3n) is 3.32. The van der Waals surface area contributed by atoms with Crippen LogP contribution < -0.4 is 5.32 Å². The van der Waals surface area contributed by atoms with E-state index in [4.69, 9.17) is 0 Å². The van der Waals surface area contributed by atoms with Crippen LogP contribution in [-0.4, -0.2) is 26.4 Å². The van der Waals surface area contributed by atoms with Gasteiger partial charge in [-0.3, -0.25) is 4.68 Å². The van der Waals surface area contributed by atoms with E-state index < -0.39 is 0 Å². The zero-order chi connectivity index (χ0) is 13.0. The molecule has 0 aliphatic rings. The van der Waals surface area contributed by atoms with Crippen molar-refractivity contribution in [1.82, 2.24) is 24.6 Å². The Labute approximate surface area is 108 Å². The second-order valence-corrected chi connectivity index (χ2v) is 4.97. The summed E-state index contributed by atoms with van der Waals surface area (Å²) in [4.78, 5) is 4.25. The second kappa shape index (κ2) is 5.35. The highest BCUT2D eigenvalue weighted by Gasteiger charge is 2.21. The van der Waals surface area contributed by atoms with Gasteiger partial charge in [0.05, 0.1) is 17.6 Å². The molecule has 18 heavy (non-hydrogen) atoms. The van der Waals surface area contributed by atoms with Crippen LogP contribution in [0.5, 0.6) is 0 Å². The van der Waals surface area contributed by atoms with E-state index in [1.54, 1.807) is 0 Å². The lowest BCUT2D eigenvalue weighted by molar-refractivity contribution is 0.401. The van der Waals surface area contributed by atoms with Gasteiger partial charge >= 0.3 is 0 Å². The first-order chi connectivity index (χ1) is 8.63. The van der Waals surface area contributed by atoms with E-state index >= 15 is 0 Å². The molecule has 98 valence electrons. The molecular formula is C13H21N5. The van der Waals surface area contributed by atoms with Gasteiger partial charge in [-0.2, -0.15) is 5.10 Å². The number of hydrogen-bond acceptors (Lipinski definition) is 3. The summed E-state index contributed by atoms with van der Waals surface area (Å²) < 4.78 is 4.17. The van der Waals surface area contributed by atoms with Crippen LogP contribution in [0.15, 0.2) is 31.0 Å². The standard InChI is InChI=1S/C13H21N5/c1-13(2,14-3)12-10-15-11-17(12)7-5-9-18-8-4-6-16-18/h4,6,8,10-11,14H,5,7,9H2,1-3H3. The molecule has 0 spiro atoms. The molecule has 5 nitrogen and oxygen atoms in total. The summed E-state index contributed by atoms with van der Waals surface area (Å²) in [5.41, 5.74) is 1.16. The minimum Gasteiger partial charge on any atom is -0.333 e. The fourth-order valence-corrected chi connectivity index (χ4v) is 1.98. The van der Waals surface area contributed by atoms with Gasteiger partial charge in [-0.05, 0) is 33.4 Å². The number of rotatable bonds is 6. The third-order valence-corrected chi connectivity index (χ3v) is 3.32. The summed E-state index contributed by atoms with van der Waals surface area (Å²) in [6.45, 7) is 6.22. The van der Waals surface area contributed by atoms with Crippen LogP contribution in [0.4, 0.5) is 0 Å². The van der Waals surface area contributed by atoms with Crippen LogP contribution in [0.3, 0.4) is 0 Å². The van der Waals surface area contributed by atoms with Crippen molar-refractivity contribution in [3.63, 3.8) is 0 Å². The number of imidazole rings is 1. The van der Waals surface area contributed by atoms with Gasteiger partial charge in [-0.15, -0.1) is 0 Å². The van der Waals surface area contributed by atoms with Gasteiger partial charge in [-0.25, -0.2) is 4.98 Å². The molecule has 2 heterocycles. The highest BCUT2D eigenvalue weighted by molar-refractivity contribution is 5.10. The number of nitrogens with one attached hydrogen (secondary N) is 1. The van der Waals surface area contributed by atoms with Gasteiger partial charge in [0.1, 0.15) is 0 Å². The van der Waals surface area contributed by atoms with E-state index in [-0.39, 0.29) is 5.54 Å². The molecule has 0 aromatic carbocycles. The second-order valence-electron chi connectivity index (χ2n) is 4.97. The Kier molecular flexibility index (Phi) is 3.81. The number of aromatic nitrogens is 4. The number of hydrogen-bond donors (Lipinski definition) is 1. The molecule has 0 radical (unpaired) electrons. The smallest absolute Gasteiger partial charge is 0.0948 e. The van der Waals surface area contributed by atoms with Gasteiger partial charge in [0, 0.05) is 31.7 Å². The Hall–Kier alpha value is -1.62. The summed E-state index contributed by atoms with van der Waals surface area (Å²) in [6, 6.07) is 1.95. The number of aryl methyl sites for hydroxylation is 2. The fourth-order valence-electron chi connectivity index (χ4n) is 1.98. The van der Waals surface area contributed by atoms with Crippen molar-refractivity contribution >= 4 is 0 Å². The quantitative estimate of drug-likeness (QED) is 0.844.